The highest BCUT2D eigenvalue weighted by atomic mass is 32.2. The summed E-state index contributed by atoms with van der Waals surface area (Å²) in [6, 6.07) is 21.4. The first-order chi connectivity index (χ1) is 14.3. The Kier molecular flexibility index (Phi) is 5.67. The summed E-state index contributed by atoms with van der Waals surface area (Å²) in [5.74, 6) is -0.278. The number of nitrogens with one attached hydrogen (secondary N) is 1. The zero-order valence-electron chi connectivity index (χ0n) is 15.8. The number of carbonyl (C=O) groups is 1. The second kappa shape index (κ2) is 8.70. The highest BCUT2D eigenvalue weighted by Gasteiger charge is 2.22. The fourth-order valence-electron chi connectivity index (χ4n) is 2.96. The molecule has 2 heterocycles. The molecule has 2 aromatic heterocycles. The molecule has 0 bridgehead atoms. The molecule has 1 amide bonds. The van der Waals surface area contributed by atoms with Gasteiger partial charge in [0, 0.05) is 29.4 Å². The summed E-state index contributed by atoms with van der Waals surface area (Å²) in [7, 11) is 0. The smallest absolute Gasteiger partial charge is 0.274 e. The topological polar surface area (TPSA) is 72.7 Å². The van der Waals surface area contributed by atoms with Gasteiger partial charge in [-0.25, -0.2) is 4.68 Å². The van der Waals surface area contributed by atoms with Gasteiger partial charge in [0.05, 0.1) is 5.69 Å². The molecule has 0 fully saturated rings. The molecule has 0 spiro atoms. The van der Waals surface area contributed by atoms with Crippen molar-refractivity contribution in [2.24, 2.45) is 0 Å². The van der Waals surface area contributed by atoms with Crippen LogP contribution in [0.2, 0.25) is 0 Å². The summed E-state index contributed by atoms with van der Waals surface area (Å²) in [5.41, 5.74) is 3.50. The minimum absolute atomic E-state index is 0.266. The molecule has 0 aliphatic carbocycles. The lowest BCUT2D eigenvalue weighted by Gasteiger charge is -2.09. The van der Waals surface area contributed by atoms with E-state index in [2.05, 4.69) is 20.6 Å². The van der Waals surface area contributed by atoms with Gasteiger partial charge in [0.15, 0.2) is 5.69 Å². The molecule has 1 N–H and O–H groups in total. The minimum Gasteiger partial charge on any atom is -0.346 e. The Balaban J connectivity index is 1.64. The third-order valence-electron chi connectivity index (χ3n) is 4.43. The van der Waals surface area contributed by atoms with Crippen LogP contribution in [0, 0.1) is 0 Å². The lowest BCUT2D eigenvalue weighted by molar-refractivity contribution is 0.0946. The molecular formula is C22H19N5OS. The van der Waals surface area contributed by atoms with E-state index in [1.54, 1.807) is 28.8 Å². The van der Waals surface area contributed by atoms with Gasteiger partial charge in [-0.05, 0) is 48.2 Å². The van der Waals surface area contributed by atoms with Gasteiger partial charge in [0.2, 0.25) is 0 Å². The molecule has 4 rings (SSSR count). The number of rotatable bonds is 6. The lowest BCUT2D eigenvalue weighted by Crippen LogP contribution is -2.24. The van der Waals surface area contributed by atoms with Crippen molar-refractivity contribution in [3.05, 3.63) is 90.4 Å². The number of amides is 1. The first-order valence-electron chi connectivity index (χ1n) is 9.09. The number of aromatic nitrogens is 4. The molecule has 0 saturated heterocycles. The van der Waals surface area contributed by atoms with Crippen molar-refractivity contribution in [3.8, 4) is 16.9 Å². The van der Waals surface area contributed by atoms with E-state index in [0.29, 0.717) is 12.2 Å². The molecule has 0 atom stereocenters. The summed E-state index contributed by atoms with van der Waals surface area (Å²) in [4.78, 5) is 18.3. The third kappa shape index (κ3) is 4.20. The summed E-state index contributed by atoms with van der Waals surface area (Å²) < 4.78 is 1.67. The second-order valence-electron chi connectivity index (χ2n) is 6.31. The van der Waals surface area contributed by atoms with Crippen LogP contribution >= 0.6 is 11.8 Å². The molecule has 29 heavy (non-hydrogen) atoms. The maximum atomic E-state index is 12.9. The summed E-state index contributed by atoms with van der Waals surface area (Å²) in [6.07, 6.45) is 5.43. The number of hydrogen-bond donors (Lipinski definition) is 1. The van der Waals surface area contributed by atoms with Gasteiger partial charge in [-0.15, -0.1) is 16.9 Å². The number of carbonyl (C=O) groups excluding carboxylic acids is 1. The van der Waals surface area contributed by atoms with Crippen molar-refractivity contribution >= 4 is 17.7 Å². The second-order valence-corrected chi connectivity index (χ2v) is 7.19. The van der Waals surface area contributed by atoms with E-state index in [-0.39, 0.29) is 11.6 Å². The van der Waals surface area contributed by atoms with Crippen LogP contribution in [-0.2, 0) is 6.54 Å². The molecule has 6 nitrogen and oxygen atoms in total. The van der Waals surface area contributed by atoms with Crippen LogP contribution in [0.5, 0.6) is 0 Å². The maximum absolute atomic E-state index is 12.9. The Hall–Kier alpha value is -3.45. The zero-order chi connectivity index (χ0) is 20.1. The Morgan fingerprint density at radius 2 is 1.83 bits per heavy atom. The zero-order valence-corrected chi connectivity index (χ0v) is 16.6. The van der Waals surface area contributed by atoms with Crippen LogP contribution in [0.3, 0.4) is 0 Å². The molecule has 0 aliphatic heterocycles. The van der Waals surface area contributed by atoms with Crippen molar-refractivity contribution in [1.29, 1.82) is 0 Å². The van der Waals surface area contributed by atoms with Crippen molar-refractivity contribution in [1.82, 2.24) is 25.3 Å². The van der Waals surface area contributed by atoms with Gasteiger partial charge in [0.25, 0.3) is 5.91 Å². The van der Waals surface area contributed by atoms with Gasteiger partial charge in [-0.2, -0.15) is 0 Å². The molecule has 7 heteroatoms. The fourth-order valence-corrected chi connectivity index (χ4v) is 3.36. The van der Waals surface area contributed by atoms with Crippen molar-refractivity contribution in [2.75, 3.05) is 6.26 Å². The predicted molar refractivity (Wildman–Crippen MR) is 114 cm³/mol. The lowest BCUT2D eigenvalue weighted by atomic mass is 10.1. The Bertz CT molecular complexity index is 1100. The standard InChI is InChI=1S/C22H19N5OS/c1-29-19-11-9-16(10-12-19)14-24-22(28)20-21(17-6-5-13-23-15-17)27(26-25-20)18-7-3-2-4-8-18/h2-13,15H,14H2,1H3,(H,24,28). The van der Waals surface area contributed by atoms with Crippen molar-refractivity contribution in [3.63, 3.8) is 0 Å². The molecule has 0 aliphatic rings. The number of thioether (sulfide) groups is 1. The summed E-state index contributed by atoms with van der Waals surface area (Å²) in [6.45, 7) is 0.415. The largest absolute Gasteiger partial charge is 0.346 e. The SMILES string of the molecule is CSc1ccc(CNC(=O)c2nnn(-c3ccccc3)c2-c2cccnc2)cc1. The van der Waals surface area contributed by atoms with Crippen LogP contribution < -0.4 is 5.32 Å². The number of benzene rings is 2. The van der Waals surface area contributed by atoms with E-state index >= 15 is 0 Å². The first-order valence-corrected chi connectivity index (χ1v) is 10.3. The van der Waals surface area contributed by atoms with E-state index in [1.807, 2.05) is 73.0 Å². The highest BCUT2D eigenvalue weighted by Crippen LogP contribution is 2.24. The van der Waals surface area contributed by atoms with Gasteiger partial charge >= 0.3 is 0 Å². The molecule has 0 radical (unpaired) electrons. The van der Waals surface area contributed by atoms with Crippen molar-refractivity contribution in [2.45, 2.75) is 11.4 Å². The monoisotopic (exact) mass is 401 g/mol. The molecular weight excluding hydrogens is 382 g/mol. The molecule has 144 valence electrons. The molecule has 4 aromatic rings. The van der Waals surface area contributed by atoms with Crippen LogP contribution in [0.25, 0.3) is 16.9 Å². The Morgan fingerprint density at radius 1 is 1.03 bits per heavy atom. The fraction of sp³-hybridized carbons (Fsp3) is 0.0909. The highest BCUT2D eigenvalue weighted by molar-refractivity contribution is 7.98. The Morgan fingerprint density at radius 3 is 2.52 bits per heavy atom. The van der Waals surface area contributed by atoms with Crippen LogP contribution in [0.4, 0.5) is 0 Å². The van der Waals surface area contributed by atoms with E-state index in [1.165, 1.54) is 4.90 Å². The maximum Gasteiger partial charge on any atom is 0.274 e. The quantitative estimate of drug-likeness (QED) is 0.495. The van der Waals surface area contributed by atoms with Crippen LogP contribution in [-0.4, -0.2) is 32.1 Å². The van der Waals surface area contributed by atoms with E-state index < -0.39 is 0 Å². The predicted octanol–water partition coefficient (Wildman–Crippen LogP) is 3.98. The van der Waals surface area contributed by atoms with E-state index in [4.69, 9.17) is 0 Å². The van der Waals surface area contributed by atoms with Gasteiger partial charge in [0.1, 0.15) is 5.69 Å². The summed E-state index contributed by atoms with van der Waals surface area (Å²) in [5, 5.41) is 11.4. The normalized spacial score (nSPS) is 10.7. The number of nitrogens with zero attached hydrogens (tertiary/aromatic N) is 4. The van der Waals surface area contributed by atoms with Crippen molar-refractivity contribution < 1.29 is 4.79 Å². The minimum atomic E-state index is -0.278. The van der Waals surface area contributed by atoms with Crippen LogP contribution in [0.1, 0.15) is 16.1 Å². The number of hydrogen-bond acceptors (Lipinski definition) is 5. The number of para-hydroxylation sites is 1. The molecule has 0 saturated carbocycles. The third-order valence-corrected chi connectivity index (χ3v) is 5.18. The molecule has 2 aromatic carbocycles. The molecule has 0 unspecified atom stereocenters. The van der Waals surface area contributed by atoms with E-state index in [9.17, 15) is 4.79 Å². The average Bonchev–Trinajstić information content (AvgIpc) is 3.24. The number of pyridine rings is 1. The van der Waals surface area contributed by atoms with Crippen LogP contribution in [0.15, 0.2) is 84.0 Å². The first kappa shape index (κ1) is 18.9. The van der Waals surface area contributed by atoms with Gasteiger partial charge < -0.3 is 5.32 Å². The average molecular weight is 401 g/mol. The summed E-state index contributed by atoms with van der Waals surface area (Å²) >= 11 is 1.68. The Labute approximate surface area is 173 Å². The van der Waals surface area contributed by atoms with E-state index in [0.717, 1.165) is 16.8 Å². The van der Waals surface area contributed by atoms with Gasteiger partial charge in [-0.1, -0.05) is 35.5 Å². The van der Waals surface area contributed by atoms with Gasteiger partial charge in [-0.3, -0.25) is 9.78 Å².